The van der Waals surface area contributed by atoms with E-state index in [0.717, 1.165) is 10.2 Å². The van der Waals surface area contributed by atoms with Crippen molar-refractivity contribution in [3.63, 3.8) is 0 Å². The zero-order chi connectivity index (χ0) is 9.14. The average molecular weight is 249 g/mol. The van der Waals surface area contributed by atoms with Gasteiger partial charge in [0.05, 0.1) is 11.3 Å². The van der Waals surface area contributed by atoms with Gasteiger partial charge in [-0.2, -0.15) is 0 Å². The molecule has 1 rings (SSSR count). The largest absolute Gasteiger partial charge is 0.276 e. The third-order valence-corrected chi connectivity index (χ3v) is 2.12. The van der Waals surface area contributed by atoms with E-state index in [4.69, 9.17) is 11.6 Å². The molecule has 12 heavy (non-hydrogen) atoms. The van der Waals surface area contributed by atoms with E-state index in [-0.39, 0.29) is 0 Å². The number of hydrogen-bond donors (Lipinski definition) is 0. The van der Waals surface area contributed by atoms with Gasteiger partial charge >= 0.3 is 0 Å². The molecule has 0 amide bonds. The number of nitrogens with zero attached hydrogens (tertiary/aromatic N) is 1. The van der Waals surface area contributed by atoms with Gasteiger partial charge in [0.2, 0.25) is 0 Å². The zero-order valence-electron chi connectivity index (χ0n) is 6.47. The van der Waals surface area contributed by atoms with Crippen molar-refractivity contribution in [1.82, 2.24) is 4.98 Å². The van der Waals surface area contributed by atoms with Crippen LogP contribution in [0.15, 0.2) is 16.7 Å². The van der Waals surface area contributed by atoms with Crippen molar-refractivity contribution in [1.29, 1.82) is 0 Å². The third-order valence-electron chi connectivity index (χ3n) is 1.48. The van der Waals surface area contributed by atoms with Crippen LogP contribution in [0.1, 0.15) is 23.0 Å². The van der Waals surface area contributed by atoms with E-state index in [1.165, 1.54) is 0 Å². The van der Waals surface area contributed by atoms with Crippen LogP contribution in [-0.4, -0.2) is 10.2 Å². The molecule has 0 fully saturated rings. The van der Waals surface area contributed by atoms with Crippen LogP contribution in [0.25, 0.3) is 0 Å². The molecule has 0 aliphatic carbocycles. The van der Waals surface area contributed by atoms with Gasteiger partial charge in [0.25, 0.3) is 5.24 Å². The minimum atomic E-state index is -0.458. The number of carbonyl (C=O) groups is 1. The van der Waals surface area contributed by atoms with Gasteiger partial charge in [0.1, 0.15) is 0 Å². The highest BCUT2D eigenvalue weighted by molar-refractivity contribution is 9.10. The van der Waals surface area contributed by atoms with Gasteiger partial charge in [-0.25, -0.2) is 0 Å². The summed E-state index contributed by atoms with van der Waals surface area (Å²) in [5.74, 6) is 0. The predicted octanol–water partition coefficient (Wildman–Crippen LogP) is 2.79. The van der Waals surface area contributed by atoms with E-state index < -0.39 is 5.24 Å². The third kappa shape index (κ3) is 2.05. The molecule has 0 saturated heterocycles. The van der Waals surface area contributed by atoms with Crippen LogP contribution in [-0.2, 0) is 6.42 Å². The topological polar surface area (TPSA) is 30.0 Å². The quantitative estimate of drug-likeness (QED) is 0.753. The number of aromatic nitrogens is 1. The Morgan fingerprint density at radius 2 is 2.42 bits per heavy atom. The molecule has 0 aromatic carbocycles. The summed E-state index contributed by atoms with van der Waals surface area (Å²) in [6, 6.07) is 1.68. The number of pyridine rings is 1. The minimum absolute atomic E-state index is 0.458. The molecule has 0 atom stereocenters. The van der Waals surface area contributed by atoms with Crippen LogP contribution in [0, 0.1) is 0 Å². The number of hydrogen-bond acceptors (Lipinski definition) is 2. The highest BCUT2D eigenvalue weighted by Crippen LogP contribution is 2.16. The molecule has 4 heteroatoms. The molecular weight excluding hydrogens is 241 g/mol. The van der Waals surface area contributed by atoms with Crippen LogP contribution >= 0.6 is 27.5 Å². The summed E-state index contributed by atoms with van der Waals surface area (Å²) < 4.78 is 0.767. The predicted molar refractivity (Wildman–Crippen MR) is 51.5 cm³/mol. The van der Waals surface area contributed by atoms with Crippen molar-refractivity contribution >= 4 is 32.8 Å². The van der Waals surface area contributed by atoms with Crippen molar-refractivity contribution in [3.8, 4) is 0 Å². The maximum atomic E-state index is 10.9. The molecule has 0 aliphatic rings. The second-order valence-electron chi connectivity index (χ2n) is 2.28. The summed E-state index contributed by atoms with van der Waals surface area (Å²) in [5, 5.41) is -0.458. The monoisotopic (exact) mass is 247 g/mol. The molecule has 0 spiro atoms. The smallest absolute Gasteiger partial charge is 0.254 e. The van der Waals surface area contributed by atoms with Crippen molar-refractivity contribution in [2.45, 2.75) is 13.3 Å². The Labute approximate surface area is 84.1 Å². The van der Waals surface area contributed by atoms with E-state index in [0.29, 0.717) is 12.0 Å². The molecule has 0 aliphatic heterocycles. The van der Waals surface area contributed by atoms with Gasteiger partial charge in [-0.1, -0.05) is 6.92 Å². The van der Waals surface area contributed by atoms with E-state index in [2.05, 4.69) is 20.9 Å². The average Bonchev–Trinajstić information content (AvgIpc) is 2.04. The standard InChI is InChI=1S/C8H7BrClNO/c1-2-7-6(8(10)12)3-5(9)4-11-7/h3-4H,2H2,1H3. The number of halogens is 2. The first kappa shape index (κ1) is 9.68. The molecule has 0 N–H and O–H groups in total. The second-order valence-corrected chi connectivity index (χ2v) is 3.53. The van der Waals surface area contributed by atoms with Crippen LogP contribution in [0.4, 0.5) is 0 Å². The molecule has 1 aromatic heterocycles. The normalized spacial score (nSPS) is 9.92. The fourth-order valence-corrected chi connectivity index (χ4v) is 1.41. The maximum Gasteiger partial charge on any atom is 0.254 e. The Hall–Kier alpha value is -0.410. The lowest BCUT2D eigenvalue weighted by atomic mass is 10.2. The second kappa shape index (κ2) is 4.01. The molecule has 2 nitrogen and oxygen atoms in total. The SMILES string of the molecule is CCc1ncc(Br)cc1C(=O)Cl. The Morgan fingerprint density at radius 3 is 2.92 bits per heavy atom. The highest BCUT2D eigenvalue weighted by atomic mass is 79.9. The Bertz CT molecular complexity index is 314. The maximum absolute atomic E-state index is 10.9. The minimum Gasteiger partial charge on any atom is -0.276 e. The van der Waals surface area contributed by atoms with E-state index in [1.807, 2.05) is 6.92 Å². The fourth-order valence-electron chi connectivity index (χ4n) is 0.920. The van der Waals surface area contributed by atoms with Crippen molar-refractivity contribution in [2.24, 2.45) is 0 Å². The number of rotatable bonds is 2. The van der Waals surface area contributed by atoms with Gasteiger partial charge in [-0.3, -0.25) is 9.78 Å². The van der Waals surface area contributed by atoms with E-state index in [9.17, 15) is 4.79 Å². The first-order valence-electron chi connectivity index (χ1n) is 3.49. The van der Waals surface area contributed by atoms with Gasteiger partial charge in [0, 0.05) is 10.7 Å². The molecule has 64 valence electrons. The van der Waals surface area contributed by atoms with E-state index >= 15 is 0 Å². The summed E-state index contributed by atoms with van der Waals surface area (Å²) >= 11 is 8.58. The van der Waals surface area contributed by atoms with Crippen molar-refractivity contribution in [3.05, 3.63) is 28.0 Å². The molecule has 0 unspecified atom stereocenters. The molecule has 0 bridgehead atoms. The van der Waals surface area contributed by atoms with Crippen molar-refractivity contribution < 1.29 is 4.79 Å². The molecular formula is C8H7BrClNO. The van der Waals surface area contributed by atoms with Gasteiger partial charge in [-0.15, -0.1) is 0 Å². The molecule has 1 aromatic rings. The Kier molecular flexibility index (Phi) is 3.23. The van der Waals surface area contributed by atoms with Gasteiger partial charge in [0.15, 0.2) is 0 Å². The van der Waals surface area contributed by atoms with Gasteiger partial charge < -0.3 is 0 Å². The summed E-state index contributed by atoms with van der Waals surface area (Å²) in [7, 11) is 0. The van der Waals surface area contributed by atoms with Gasteiger partial charge in [-0.05, 0) is 40.0 Å². The van der Waals surface area contributed by atoms with Crippen molar-refractivity contribution in [2.75, 3.05) is 0 Å². The highest BCUT2D eigenvalue weighted by Gasteiger charge is 2.08. The van der Waals surface area contributed by atoms with E-state index in [1.54, 1.807) is 12.3 Å². The van der Waals surface area contributed by atoms with Crippen LogP contribution in [0.5, 0.6) is 0 Å². The van der Waals surface area contributed by atoms with Crippen LogP contribution in [0.3, 0.4) is 0 Å². The summed E-state index contributed by atoms with van der Waals surface area (Å²) in [6.07, 6.45) is 2.36. The Morgan fingerprint density at radius 1 is 1.75 bits per heavy atom. The summed E-state index contributed by atoms with van der Waals surface area (Å²) in [6.45, 7) is 1.93. The van der Waals surface area contributed by atoms with Crippen LogP contribution in [0.2, 0.25) is 0 Å². The van der Waals surface area contributed by atoms with Crippen LogP contribution < -0.4 is 0 Å². The summed E-state index contributed by atoms with van der Waals surface area (Å²) in [4.78, 5) is 14.9. The Balaban J connectivity index is 3.21. The lowest BCUT2D eigenvalue weighted by Crippen LogP contribution is -1.99. The first-order chi connectivity index (χ1) is 5.65. The molecule has 1 heterocycles. The summed E-state index contributed by atoms with van der Waals surface area (Å²) in [5.41, 5.74) is 1.21. The molecule has 0 radical (unpaired) electrons. The fraction of sp³-hybridized carbons (Fsp3) is 0.250. The first-order valence-corrected chi connectivity index (χ1v) is 4.66. The number of carbonyl (C=O) groups excluding carboxylic acids is 1. The lowest BCUT2D eigenvalue weighted by Gasteiger charge is -2.01. The number of aryl methyl sites for hydroxylation is 1. The zero-order valence-corrected chi connectivity index (χ0v) is 8.82. The molecule has 0 saturated carbocycles. The lowest BCUT2D eigenvalue weighted by molar-refractivity contribution is 0.108.